The van der Waals surface area contributed by atoms with E-state index in [4.69, 9.17) is 0 Å². The summed E-state index contributed by atoms with van der Waals surface area (Å²) in [6, 6.07) is 5.62. The monoisotopic (exact) mass is 295 g/mol. The number of nitro benzene ring substituents is 1. The van der Waals surface area contributed by atoms with Crippen molar-refractivity contribution in [1.82, 2.24) is 4.90 Å². The Hall–Kier alpha value is -2.09. The first-order valence-corrected chi connectivity index (χ1v) is 7.01. The molecule has 1 saturated heterocycles. The summed E-state index contributed by atoms with van der Waals surface area (Å²) < 4.78 is 0. The summed E-state index contributed by atoms with van der Waals surface area (Å²) in [5, 5.41) is 13.1. The Morgan fingerprint density at radius 1 is 1.40 bits per heavy atom. The number of anilines is 1. The Morgan fingerprint density at radius 2 is 2.10 bits per heavy atom. The normalized spacial score (nSPS) is 14.4. The Bertz CT molecular complexity index is 532. The van der Waals surface area contributed by atoms with E-state index in [1.165, 1.54) is 36.0 Å². The Morgan fingerprint density at radius 3 is 2.65 bits per heavy atom. The number of benzene rings is 1. The average Bonchev–Trinajstić information content (AvgIpc) is 2.82. The zero-order valence-corrected chi connectivity index (χ0v) is 11.4. The SMILES string of the molecule is O=C(CCN1CCSC1=O)Nc1ccc([N+](=O)[O-])cc1. The molecule has 0 saturated carbocycles. The minimum atomic E-state index is -0.498. The van der Waals surface area contributed by atoms with Gasteiger partial charge in [0.15, 0.2) is 0 Å². The molecule has 0 bridgehead atoms. The van der Waals surface area contributed by atoms with Crippen molar-refractivity contribution in [2.24, 2.45) is 0 Å². The van der Waals surface area contributed by atoms with E-state index in [9.17, 15) is 19.7 Å². The van der Waals surface area contributed by atoms with Crippen LogP contribution in [0.5, 0.6) is 0 Å². The van der Waals surface area contributed by atoms with Crippen LogP contribution in [-0.4, -0.2) is 39.8 Å². The van der Waals surface area contributed by atoms with Crippen molar-refractivity contribution in [2.75, 3.05) is 24.2 Å². The van der Waals surface area contributed by atoms with Crippen LogP contribution in [0.2, 0.25) is 0 Å². The lowest BCUT2D eigenvalue weighted by molar-refractivity contribution is -0.384. The van der Waals surface area contributed by atoms with Gasteiger partial charge in [-0.05, 0) is 12.1 Å². The number of hydrogen-bond donors (Lipinski definition) is 1. The van der Waals surface area contributed by atoms with Crippen LogP contribution in [0.4, 0.5) is 16.2 Å². The van der Waals surface area contributed by atoms with Crippen LogP contribution < -0.4 is 5.32 Å². The Balaban J connectivity index is 1.82. The first-order chi connectivity index (χ1) is 9.56. The molecule has 2 rings (SSSR count). The molecule has 7 nitrogen and oxygen atoms in total. The van der Waals surface area contributed by atoms with E-state index in [-0.39, 0.29) is 23.3 Å². The molecule has 0 radical (unpaired) electrons. The van der Waals surface area contributed by atoms with Gasteiger partial charge in [0.1, 0.15) is 0 Å². The molecule has 1 N–H and O–H groups in total. The molecule has 1 fully saturated rings. The number of rotatable bonds is 5. The van der Waals surface area contributed by atoms with Gasteiger partial charge in [-0.1, -0.05) is 11.8 Å². The largest absolute Gasteiger partial charge is 0.332 e. The van der Waals surface area contributed by atoms with E-state index in [1.54, 1.807) is 4.90 Å². The lowest BCUT2D eigenvalue weighted by atomic mass is 10.2. The fraction of sp³-hybridized carbons (Fsp3) is 0.333. The van der Waals surface area contributed by atoms with Gasteiger partial charge in [-0.15, -0.1) is 0 Å². The lowest BCUT2D eigenvalue weighted by Gasteiger charge is -2.13. The molecule has 1 aromatic carbocycles. The van der Waals surface area contributed by atoms with Gasteiger partial charge >= 0.3 is 0 Å². The summed E-state index contributed by atoms with van der Waals surface area (Å²) in [4.78, 5) is 34.7. The van der Waals surface area contributed by atoms with E-state index in [0.29, 0.717) is 18.8 Å². The number of amides is 2. The molecule has 0 unspecified atom stereocenters. The third-order valence-electron chi connectivity index (χ3n) is 2.82. The minimum Gasteiger partial charge on any atom is -0.332 e. The first-order valence-electron chi connectivity index (χ1n) is 6.02. The highest BCUT2D eigenvalue weighted by Crippen LogP contribution is 2.18. The van der Waals surface area contributed by atoms with E-state index < -0.39 is 4.92 Å². The van der Waals surface area contributed by atoms with Crippen molar-refractivity contribution in [3.05, 3.63) is 34.4 Å². The van der Waals surface area contributed by atoms with Crippen molar-refractivity contribution in [1.29, 1.82) is 0 Å². The summed E-state index contributed by atoms with van der Waals surface area (Å²) in [5.41, 5.74) is 0.477. The summed E-state index contributed by atoms with van der Waals surface area (Å²) in [7, 11) is 0. The zero-order valence-electron chi connectivity index (χ0n) is 10.6. The summed E-state index contributed by atoms with van der Waals surface area (Å²) in [5.74, 6) is 0.548. The van der Waals surface area contributed by atoms with Crippen LogP contribution in [-0.2, 0) is 4.79 Å². The average molecular weight is 295 g/mol. The van der Waals surface area contributed by atoms with Crippen LogP contribution in [0, 0.1) is 10.1 Å². The molecule has 1 aliphatic rings. The van der Waals surface area contributed by atoms with Crippen LogP contribution in [0.15, 0.2) is 24.3 Å². The van der Waals surface area contributed by atoms with E-state index in [1.807, 2.05) is 0 Å². The molecular weight excluding hydrogens is 282 g/mol. The fourth-order valence-corrected chi connectivity index (χ4v) is 2.61. The van der Waals surface area contributed by atoms with Crippen LogP contribution >= 0.6 is 11.8 Å². The Kier molecular flexibility index (Phi) is 4.57. The van der Waals surface area contributed by atoms with Gasteiger partial charge in [0.25, 0.3) is 10.9 Å². The molecule has 1 aliphatic heterocycles. The number of hydrogen-bond acceptors (Lipinski definition) is 5. The zero-order chi connectivity index (χ0) is 14.5. The van der Waals surface area contributed by atoms with Gasteiger partial charge < -0.3 is 10.2 Å². The smallest absolute Gasteiger partial charge is 0.281 e. The second kappa shape index (κ2) is 6.38. The summed E-state index contributed by atoms with van der Waals surface area (Å²) in [6.45, 7) is 1.07. The molecule has 0 atom stereocenters. The van der Waals surface area contributed by atoms with Crippen molar-refractivity contribution >= 4 is 34.3 Å². The third kappa shape index (κ3) is 3.70. The number of carbonyl (C=O) groups excluding carboxylic acids is 2. The number of carbonyl (C=O) groups is 2. The maximum absolute atomic E-state index is 11.7. The minimum absolute atomic E-state index is 0.00753. The Labute approximate surface area is 119 Å². The fourth-order valence-electron chi connectivity index (χ4n) is 1.76. The standard InChI is InChI=1S/C12H13N3O4S/c16-11(5-6-14-7-8-20-12(14)17)13-9-1-3-10(4-2-9)15(18)19/h1-4H,5-8H2,(H,13,16). The van der Waals surface area contributed by atoms with Crippen molar-refractivity contribution < 1.29 is 14.5 Å². The molecule has 106 valence electrons. The highest BCUT2D eigenvalue weighted by atomic mass is 32.2. The maximum atomic E-state index is 11.7. The van der Waals surface area contributed by atoms with Gasteiger partial charge in [-0.2, -0.15) is 0 Å². The second-order valence-electron chi connectivity index (χ2n) is 4.20. The number of nitrogens with zero attached hydrogens (tertiary/aromatic N) is 2. The number of nitro groups is 1. The molecule has 2 amide bonds. The van der Waals surface area contributed by atoms with E-state index >= 15 is 0 Å². The molecule has 20 heavy (non-hydrogen) atoms. The van der Waals surface area contributed by atoms with Gasteiger partial charge in [0.2, 0.25) is 5.91 Å². The van der Waals surface area contributed by atoms with Crippen LogP contribution in [0.25, 0.3) is 0 Å². The van der Waals surface area contributed by atoms with Crippen molar-refractivity contribution in [3.63, 3.8) is 0 Å². The number of thioether (sulfide) groups is 1. The maximum Gasteiger partial charge on any atom is 0.281 e. The van der Waals surface area contributed by atoms with Crippen molar-refractivity contribution in [3.8, 4) is 0 Å². The molecule has 1 heterocycles. The van der Waals surface area contributed by atoms with Gasteiger partial charge in [0, 0.05) is 43.1 Å². The van der Waals surface area contributed by atoms with Gasteiger partial charge in [-0.3, -0.25) is 19.7 Å². The van der Waals surface area contributed by atoms with Crippen LogP contribution in [0.3, 0.4) is 0 Å². The number of non-ortho nitro benzene ring substituents is 1. The second-order valence-corrected chi connectivity index (χ2v) is 5.25. The predicted octanol–water partition coefficient (Wildman–Crippen LogP) is 2.09. The van der Waals surface area contributed by atoms with Gasteiger partial charge in [0.05, 0.1) is 4.92 Å². The van der Waals surface area contributed by atoms with E-state index in [0.717, 1.165) is 5.75 Å². The topological polar surface area (TPSA) is 92.6 Å². The third-order valence-corrected chi connectivity index (χ3v) is 3.71. The first kappa shape index (κ1) is 14.3. The highest BCUT2D eigenvalue weighted by Gasteiger charge is 2.21. The molecular formula is C12H13N3O4S. The number of nitrogens with one attached hydrogen (secondary N) is 1. The van der Waals surface area contributed by atoms with E-state index in [2.05, 4.69) is 5.32 Å². The summed E-state index contributed by atoms with van der Waals surface area (Å²) >= 11 is 1.26. The molecule has 0 aromatic heterocycles. The van der Waals surface area contributed by atoms with Crippen LogP contribution in [0.1, 0.15) is 6.42 Å². The lowest BCUT2D eigenvalue weighted by Crippen LogP contribution is -2.27. The van der Waals surface area contributed by atoms with Gasteiger partial charge in [-0.25, -0.2) is 0 Å². The molecule has 0 aliphatic carbocycles. The predicted molar refractivity (Wildman–Crippen MR) is 75.8 cm³/mol. The quantitative estimate of drug-likeness (QED) is 0.663. The van der Waals surface area contributed by atoms with Crippen molar-refractivity contribution in [2.45, 2.75) is 6.42 Å². The molecule has 0 spiro atoms. The molecule has 1 aromatic rings. The highest BCUT2D eigenvalue weighted by molar-refractivity contribution is 8.13. The summed E-state index contributed by atoms with van der Waals surface area (Å²) in [6.07, 6.45) is 0.212. The molecule has 8 heteroatoms.